The van der Waals surface area contributed by atoms with Gasteiger partial charge in [0.05, 0.1) is 6.61 Å². The molecule has 0 aromatic heterocycles. The highest BCUT2D eigenvalue weighted by molar-refractivity contribution is 5.75. The van der Waals surface area contributed by atoms with Crippen LogP contribution in [0.1, 0.15) is 53.9 Å². The van der Waals surface area contributed by atoms with Gasteiger partial charge in [0.15, 0.2) is 0 Å². The van der Waals surface area contributed by atoms with Crippen LogP contribution < -0.4 is 0 Å². The van der Waals surface area contributed by atoms with Gasteiger partial charge in [0.1, 0.15) is 6.04 Å². The predicted molar refractivity (Wildman–Crippen MR) is 72.0 cm³/mol. The smallest absolute Gasteiger partial charge is 0.323 e. The molecular weight excluding hydrogens is 214 g/mol. The van der Waals surface area contributed by atoms with Crippen LogP contribution >= 0.6 is 0 Å². The Kier molecular flexibility index (Phi) is 9.14. The van der Waals surface area contributed by atoms with Crippen molar-refractivity contribution in [3.05, 3.63) is 0 Å². The van der Waals surface area contributed by atoms with Gasteiger partial charge >= 0.3 is 5.97 Å². The van der Waals surface area contributed by atoms with Crippen LogP contribution in [0.4, 0.5) is 0 Å². The lowest BCUT2D eigenvalue weighted by Gasteiger charge is -2.31. The fraction of sp³-hybridized carbons (Fsp3) is 0.929. The third-order valence-corrected chi connectivity index (χ3v) is 3.44. The Labute approximate surface area is 107 Å². The molecule has 0 amide bonds. The van der Waals surface area contributed by atoms with E-state index in [-0.39, 0.29) is 12.0 Å². The van der Waals surface area contributed by atoms with Crippen molar-refractivity contribution < 1.29 is 9.53 Å². The van der Waals surface area contributed by atoms with Gasteiger partial charge in [-0.1, -0.05) is 40.5 Å². The van der Waals surface area contributed by atoms with E-state index in [1.165, 1.54) is 12.8 Å². The van der Waals surface area contributed by atoms with Crippen LogP contribution in [0.15, 0.2) is 0 Å². The fourth-order valence-electron chi connectivity index (χ4n) is 2.17. The van der Waals surface area contributed by atoms with Gasteiger partial charge < -0.3 is 4.74 Å². The van der Waals surface area contributed by atoms with Crippen LogP contribution in [-0.4, -0.2) is 36.6 Å². The zero-order valence-electron chi connectivity index (χ0n) is 12.2. The normalized spacial score (nSPS) is 13.1. The Balaban J connectivity index is 4.52. The molecule has 0 bridgehead atoms. The summed E-state index contributed by atoms with van der Waals surface area (Å²) in [5.41, 5.74) is 0. The van der Waals surface area contributed by atoms with Crippen molar-refractivity contribution in [3.63, 3.8) is 0 Å². The number of hydrogen-bond acceptors (Lipinski definition) is 3. The van der Waals surface area contributed by atoms with Gasteiger partial charge in [0.2, 0.25) is 0 Å². The van der Waals surface area contributed by atoms with Gasteiger partial charge in [0.25, 0.3) is 0 Å². The minimum atomic E-state index is -0.0689. The second-order valence-electron chi connectivity index (χ2n) is 4.45. The summed E-state index contributed by atoms with van der Waals surface area (Å²) < 4.78 is 5.15. The maximum Gasteiger partial charge on any atom is 0.323 e. The van der Waals surface area contributed by atoms with E-state index in [9.17, 15) is 4.79 Å². The van der Waals surface area contributed by atoms with Crippen molar-refractivity contribution in [2.24, 2.45) is 5.92 Å². The minimum absolute atomic E-state index is 0.0668. The maximum atomic E-state index is 11.9. The molecule has 1 atom stereocenters. The molecule has 0 saturated heterocycles. The first kappa shape index (κ1) is 16.4. The SMILES string of the molecule is CCOC(=O)C(CC)N(CC)CC(CC)CC. The van der Waals surface area contributed by atoms with Crippen molar-refractivity contribution in [1.82, 2.24) is 4.90 Å². The standard InChI is InChI=1S/C14H29NO2/c1-6-12(7-2)11-15(9-4)13(8-3)14(16)17-10-5/h12-13H,6-11H2,1-5H3. The lowest BCUT2D eigenvalue weighted by atomic mass is 10.0. The molecule has 102 valence electrons. The molecule has 3 heteroatoms. The van der Waals surface area contributed by atoms with Crippen LogP contribution in [-0.2, 0) is 9.53 Å². The average Bonchev–Trinajstić information content (AvgIpc) is 2.34. The first-order valence-electron chi connectivity index (χ1n) is 7.04. The van der Waals surface area contributed by atoms with Crippen LogP contribution in [0.3, 0.4) is 0 Å². The molecule has 17 heavy (non-hydrogen) atoms. The molecule has 0 N–H and O–H groups in total. The predicted octanol–water partition coefficient (Wildman–Crippen LogP) is 3.09. The van der Waals surface area contributed by atoms with Crippen LogP contribution in [0.25, 0.3) is 0 Å². The van der Waals surface area contributed by atoms with E-state index >= 15 is 0 Å². The summed E-state index contributed by atoms with van der Waals surface area (Å²) in [7, 11) is 0. The fourth-order valence-corrected chi connectivity index (χ4v) is 2.17. The highest BCUT2D eigenvalue weighted by Gasteiger charge is 2.25. The first-order valence-corrected chi connectivity index (χ1v) is 7.04. The van der Waals surface area contributed by atoms with E-state index in [2.05, 4.69) is 32.6 Å². The highest BCUT2D eigenvalue weighted by Crippen LogP contribution is 2.14. The summed E-state index contributed by atoms with van der Waals surface area (Å²) in [6.45, 7) is 12.8. The summed E-state index contributed by atoms with van der Waals surface area (Å²) in [4.78, 5) is 14.1. The van der Waals surface area contributed by atoms with E-state index in [0.717, 1.165) is 19.5 Å². The second-order valence-corrected chi connectivity index (χ2v) is 4.45. The zero-order valence-corrected chi connectivity index (χ0v) is 12.2. The van der Waals surface area contributed by atoms with Crippen molar-refractivity contribution in [1.29, 1.82) is 0 Å². The Morgan fingerprint density at radius 1 is 1.06 bits per heavy atom. The van der Waals surface area contributed by atoms with Crippen LogP contribution in [0, 0.1) is 5.92 Å². The molecule has 0 aliphatic carbocycles. The van der Waals surface area contributed by atoms with Crippen LogP contribution in [0.2, 0.25) is 0 Å². The number of rotatable bonds is 9. The van der Waals surface area contributed by atoms with Gasteiger partial charge in [-0.2, -0.15) is 0 Å². The summed E-state index contributed by atoms with van der Waals surface area (Å²) in [5.74, 6) is 0.612. The first-order chi connectivity index (χ1) is 8.14. The van der Waals surface area contributed by atoms with E-state index in [1.54, 1.807) is 0 Å². The third-order valence-electron chi connectivity index (χ3n) is 3.44. The van der Waals surface area contributed by atoms with E-state index in [1.807, 2.05) is 6.92 Å². The molecule has 0 aliphatic rings. The second kappa shape index (κ2) is 9.46. The number of ether oxygens (including phenoxy) is 1. The van der Waals surface area contributed by atoms with E-state index in [4.69, 9.17) is 4.74 Å². The van der Waals surface area contributed by atoms with Gasteiger partial charge in [-0.25, -0.2) is 0 Å². The number of esters is 1. The van der Waals surface area contributed by atoms with Crippen molar-refractivity contribution in [2.45, 2.75) is 59.9 Å². The average molecular weight is 243 g/mol. The molecule has 0 fully saturated rings. The zero-order chi connectivity index (χ0) is 13.3. The molecule has 1 unspecified atom stereocenters. The molecule has 0 aliphatic heterocycles. The summed E-state index contributed by atoms with van der Waals surface area (Å²) >= 11 is 0. The molecule has 0 aromatic rings. The van der Waals surface area contributed by atoms with Crippen molar-refractivity contribution in [3.8, 4) is 0 Å². The molecule has 0 heterocycles. The lowest BCUT2D eigenvalue weighted by Crippen LogP contribution is -2.44. The Morgan fingerprint density at radius 2 is 1.65 bits per heavy atom. The molecule has 0 rings (SSSR count). The number of nitrogens with zero attached hydrogens (tertiary/aromatic N) is 1. The quantitative estimate of drug-likeness (QED) is 0.583. The molecule has 0 spiro atoms. The monoisotopic (exact) mass is 243 g/mol. The molecular formula is C14H29NO2. The Hall–Kier alpha value is -0.570. The minimum Gasteiger partial charge on any atom is -0.465 e. The highest BCUT2D eigenvalue weighted by atomic mass is 16.5. The largest absolute Gasteiger partial charge is 0.465 e. The van der Waals surface area contributed by atoms with Gasteiger partial charge in [-0.05, 0) is 25.8 Å². The van der Waals surface area contributed by atoms with Crippen LogP contribution in [0.5, 0.6) is 0 Å². The number of hydrogen-bond donors (Lipinski definition) is 0. The third kappa shape index (κ3) is 5.53. The number of likely N-dealkylation sites (N-methyl/N-ethyl adjacent to an activating group) is 1. The molecule has 0 radical (unpaired) electrons. The molecule has 0 saturated carbocycles. The van der Waals surface area contributed by atoms with Gasteiger partial charge in [-0.15, -0.1) is 0 Å². The van der Waals surface area contributed by atoms with E-state index < -0.39 is 0 Å². The van der Waals surface area contributed by atoms with Gasteiger partial charge in [-0.3, -0.25) is 9.69 Å². The number of carbonyl (C=O) groups is 1. The summed E-state index contributed by atoms with van der Waals surface area (Å²) in [5, 5.41) is 0. The molecule has 0 aromatic carbocycles. The van der Waals surface area contributed by atoms with Gasteiger partial charge in [0, 0.05) is 6.54 Å². The maximum absolute atomic E-state index is 11.9. The Morgan fingerprint density at radius 3 is 2.00 bits per heavy atom. The molecule has 3 nitrogen and oxygen atoms in total. The van der Waals surface area contributed by atoms with E-state index in [0.29, 0.717) is 12.5 Å². The summed E-state index contributed by atoms with van der Waals surface area (Å²) in [6.07, 6.45) is 3.17. The van der Waals surface area contributed by atoms with Crippen molar-refractivity contribution >= 4 is 5.97 Å². The van der Waals surface area contributed by atoms with Crippen molar-refractivity contribution in [2.75, 3.05) is 19.7 Å². The lowest BCUT2D eigenvalue weighted by molar-refractivity contribution is -0.150. The Bertz CT molecular complexity index is 202. The number of carbonyl (C=O) groups excluding carboxylic acids is 1. The summed E-state index contributed by atoms with van der Waals surface area (Å²) in [6, 6.07) is -0.0689. The topological polar surface area (TPSA) is 29.5 Å².